The van der Waals surface area contributed by atoms with Gasteiger partial charge in [0, 0.05) is 12.6 Å². The van der Waals surface area contributed by atoms with Gasteiger partial charge in [0.2, 0.25) is 0 Å². The van der Waals surface area contributed by atoms with E-state index in [-0.39, 0.29) is 0 Å². The van der Waals surface area contributed by atoms with E-state index in [1.165, 1.54) is 12.1 Å². The van der Waals surface area contributed by atoms with Crippen molar-refractivity contribution in [1.29, 1.82) is 0 Å². The van der Waals surface area contributed by atoms with Gasteiger partial charge in [0.15, 0.2) is 4.77 Å². The molecule has 3 rings (SSSR count). The Labute approximate surface area is 130 Å². The molecule has 1 heterocycles. The summed E-state index contributed by atoms with van der Waals surface area (Å²) in [5.74, 6) is -1.15. The Bertz CT molecular complexity index is 849. The molecule has 0 aliphatic carbocycles. The Morgan fingerprint density at radius 1 is 1.14 bits per heavy atom. The number of nitrogens with one attached hydrogen (secondary N) is 1. The number of para-hydroxylation sites is 1. The smallest absolute Gasteiger partial charge is 0.178 e. The standard InChI is InChI=1S/C15H11ClF2N2S/c16-12-2-1-3-13-14(12)19-15(21)20(13)5-4-9-6-10(17)8-11(18)7-9/h1-3,6-8H,4-5H2,(H,19,21). The van der Waals surface area contributed by atoms with Crippen LogP contribution in [0.2, 0.25) is 5.02 Å². The Hall–Kier alpha value is -1.72. The number of H-pyrrole nitrogens is 1. The minimum absolute atomic E-state index is 0.475. The molecule has 0 radical (unpaired) electrons. The molecule has 0 bridgehead atoms. The van der Waals surface area contributed by atoms with E-state index in [0.717, 1.165) is 17.1 Å². The second-order valence-corrected chi connectivity index (χ2v) is 5.54. The fraction of sp³-hybridized carbons (Fsp3) is 0.133. The topological polar surface area (TPSA) is 20.7 Å². The third-order valence-corrected chi connectivity index (χ3v) is 3.94. The number of hydrogen-bond donors (Lipinski definition) is 1. The molecule has 1 aromatic heterocycles. The van der Waals surface area contributed by atoms with Crippen LogP contribution in [0.4, 0.5) is 8.78 Å². The molecule has 3 aromatic rings. The molecule has 0 aliphatic rings. The van der Waals surface area contributed by atoms with E-state index in [1.54, 1.807) is 6.07 Å². The molecule has 6 heteroatoms. The number of rotatable bonds is 3. The highest BCUT2D eigenvalue weighted by molar-refractivity contribution is 7.71. The average Bonchev–Trinajstić information content (AvgIpc) is 2.73. The van der Waals surface area contributed by atoms with Gasteiger partial charge in [-0.15, -0.1) is 0 Å². The Balaban J connectivity index is 1.93. The highest BCUT2D eigenvalue weighted by Crippen LogP contribution is 2.23. The van der Waals surface area contributed by atoms with Gasteiger partial charge in [0.25, 0.3) is 0 Å². The van der Waals surface area contributed by atoms with E-state index < -0.39 is 11.6 Å². The number of imidazole rings is 1. The Morgan fingerprint density at radius 3 is 2.57 bits per heavy atom. The van der Waals surface area contributed by atoms with Crippen LogP contribution in [0.3, 0.4) is 0 Å². The highest BCUT2D eigenvalue weighted by atomic mass is 35.5. The van der Waals surface area contributed by atoms with Crippen LogP contribution in [0, 0.1) is 16.4 Å². The zero-order valence-electron chi connectivity index (χ0n) is 10.9. The maximum atomic E-state index is 13.2. The van der Waals surface area contributed by atoms with Crippen LogP contribution >= 0.6 is 23.8 Å². The minimum atomic E-state index is -0.574. The molecule has 2 nitrogen and oxygen atoms in total. The number of aromatic amines is 1. The summed E-state index contributed by atoms with van der Waals surface area (Å²) in [7, 11) is 0. The summed E-state index contributed by atoms with van der Waals surface area (Å²) in [5, 5.41) is 0.592. The minimum Gasteiger partial charge on any atom is -0.329 e. The van der Waals surface area contributed by atoms with Crippen LogP contribution in [0.25, 0.3) is 11.0 Å². The number of benzene rings is 2. The molecule has 1 N–H and O–H groups in total. The van der Waals surface area contributed by atoms with Crippen molar-refractivity contribution in [1.82, 2.24) is 9.55 Å². The molecule has 0 saturated carbocycles. The van der Waals surface area contributed by atoms with Crippen molar-refractivity contribution in [2.24, 2.45) is 0 Å². The second kappa shape index (κ2) is 5.58. The molecule has 0 saturated heterocycles. The van der Waals surface area contributed by atoms with Gasteiger partial charge in [0.1, 0.15) is 11.6 Å². The van der Waals surface area contributed by atoms with Crippen molar-refractivity contribution in [3.05, 3.63) is 63.4 Å². The highest BCUT2D eigenvalue weighted by Gasteiger charge is 2.08. The van der Waals surface area contributed by atoms with Crippen LogP contribution in [0.5, 0.6) is 0 Å². The molecule has 21 heavy (non-hydrogen) atoms. The Morgan fingerprint density at radius 2 is 1.86 bits per heavy atom. The lowest BCUT2D eigenvalue weighted by atomic mass is 10.1. The first-order valence-electron chi connectivity index (χ1n) is 6.36. The number of hydrogen-bond acceptors (Lipinski definition) is 1. The van der Waals surface area contributed by atoms with Gasteiger partial charge in [-0.2, -0.15) is 0 Å². The van der Waals surface area contributed by atoms with Crippen molar-refractivity contribution in [3.63, 3.8) is 0 Å². The first kappa shape index (κ1) is 14.2. The van der Waals surface area contributed by atoms with E-state index in [4.69, 9.17) is 23.8 Å². The van der Waals surface area contributed by atoms with Gasteiger partial charge < -0.3 is 9.55 Å². The number of fused-ring (bicyclic) bond motifs is 1. The van der Waals surface area contributed by atoms with E-state index in [9.17, 15) is 8.78 Å². The molecule has 108 valence electrons. The summed E-state index contributed by atoms with van der Waals surface area (Å²) < 4.78 is 28.8. The van der Waals surface area contributed by atoms with E-state index in [2.05, 4.69) is 4.98 Å². The predicted molar refractivity (Wildman–Crippen MR) is 82.2 cm³/mol. The van der Waals surface area contributed by atoms with Crippen LogP contribution in [-0.4, -0.2) is 9.55 Å². The number of aryl methyl sites for hydroxylation is 2. The summed E-state index contributed by atoms with van der Waals surface area (Å²) in [6.07, 6.45) is 0.475. The molecule has 0 aliphatic heterocycles. The van der Waals surface area contributed by atoms with Crippen molar-refractivity contribution in [3.8, 4) is 0 Å². The van der Waals surface area contributed by atoms with Gasteiger partial charge in [-0.3, -0.25) is 0 Å². The Kier molecular flexibility index (Phi) is 3.78. The molecule has 2 aromatic carbocycles. The summed E-state index contributed by atoms with van der Waals surface area (Å²) in [6.45, 7) is 0.516. The monoisotopic (exact) mass is 324 g/mol. The molecule has 0 spiro atoms. The molecular weight excluding hydrogens is 314 g/mol. The number of nitrogens with zero attached hydrogens (tertiary/aromatic N) is 1. The van der Waals surface area contributed by atoms with Crippen LogP contribution in [0.15, 0.2) is 36.4 Å². The van der Waals surface area contributed by atoms with Gasteiger partial charge in [-0.25, -0.2) is 8.78 Å². The molecule has 0 atom stereocenters. The number of aromatic nitrogens is 2. The third kappa shape index (κ3) is 2.84. The largest absolute Gasteiger partial charge is 0.329 e. The van der Waals surface area contributed by atoms with E-state index in [0.29, 0.717) is 28.3 Å². The van der Waals surface area contributed by atoms with Gasteiger partial charge in [-0.05, 0) is 48.5 Å². The maximum absolute atomic E-state index is 13.2. The van der Waals surface area contributed by atoms with Crippen LogP contribution in [0.1, 0.15) is 5.56 Å². The second-order valence-electron chi connectivity index (χ2n) is 4.74. The zero-order valence-corrected chi connectivity index (χ0v) is 12.4. The van der Waals surface area contributed by atoms with Crippen LogP contribution < -0.4 is 0 Å². The predicted octanol–water partition coefficient (Wildman–Crippen LogP) is 4.87. The van der Waals surface area contributed by atoms with Crippen molar-refractivity contribution >= 4 is 34.9 Å². The van der Waals surface area contributed by atoms with Gasteiger partial charge in [-0.1, -0.05) is 17.7 Å². The average molecular weight is 325 g/mol. The summed E-state index contributed by atoms with van der Waals surface area (Å²) >= 11 is 11.4. The lowest BCUT2D eigenvalue weighted by Gasteiger charge is -2.05. The van der Waals surface area contributed by atoms with Crippen molar-refractivity contribution < 1.29 is 8.78 Å². The zero-order chi connectivity index (χ0) is 15.0. The van der Waals surface area contributed by atoms with Gasteiger partial charge in [0.05, 0.1) is 16.1 Å². The van der Waals surface area contributed by atoms with E-state index in [1.807, 2.05) is 16.7 Å². The van der Waals surface area contributed by atoms with E-state index >= 15 is 0 Å². The summed E-state index contributed by atoms with van der Waals surface area (Å²) in [4.78, 5) is 3.05. The fourth-order valence-corrected chi connectivity index (χ4v) is 2.87. The summed E-state index contributed by atoms with van der Waals surface area (Å²) in [5.41, 5.74) is 2.24. The van der Waals surface area contributed by atoms with Crippen molar-refractivity contribution in [2.45, 2.75) is 13.0 Å². The molecular formula is C15H11ClF2N2S. The quantitative estimate of drug-likeness (QED) is 0.681. The molecule has 0 unspecified atom stereocenters. The maximum Gasteiger partial charge on any atom is 0.178 e. The lowest BCUT2D eigenvalue weighted by molar-refractivity contribution is 0.577. The van der Waals surface area contributed by atoms with Crippen molar-refractivity contribution in [2.75, 3.05) is 0 Å². The fourth-order valence-electron chi connectivity index (χ4n) is 2.36. The first-order valence-corrected chi connectivity index (χ1v) is 7.15. The normalized spacial score (nSPS) is 11.2. The van der Waals surface area contributed by atoms with Crippen LogP contribution in [-0.2, 0) is 13.0 Å². The van der Waals surface area contributed by atoms with Gasteiger partial charge >= 0.3 is 0 Å². The third-order valence-electron chi connectivity index (χ3n) is 3.31. The number of halogens is 3. The first-order chi connectivity index (χ1) is 10.0. The molecule has 0 fully saturated rings. The molecule has 0 amide bonds. The lowest BCUT2D eigenvalue weighted by Crippen LogP contribution is -2.02. The SMILES string of the molecule is Fc1cc(F)cc(CCn2c(=S)[nH]c3c(Cl)cccc32)c1. The summed E-state index contributed by atoms with van der Waals surface area (Å²) in [6, 6.07) is 9.04.